The van der Waals surface area contributed by atoms with Gasteiger partial charge in [-0.05, 0) is 43.3 Å². The summed E-state index contributed by atoms with van der Waals surface area (Å²) >= 11 is 0. The summed E-state index contributed by atoms with van der Waals surface area (Å²) in [4.78, 5) is 26.1. The van der Waals surface area contributed by atoms with Crippen LogP contribution in [-0.2, 0) is 16.9 Å². The van der Waals surface area contributed by atoms with Gasteiger partial charge in [0.15, 0.2) is 5.54 Å². The molecule has 0 saturated carbocycles. The van der Waals surface area contributed by atoms with Gasteiger partial charge in [-0.25, -0.2) is 4.79 Å². The van der Waals surface area contributed by atoms with Crippen molar-refractivity contribution >= 4 is 11.9 Å². The van der Waals surface area contributed by atoms with Crippen molar-refractivity contribution in [1.82, 2.24) is 20.4 Å². The summed E-state index contributed by atoms with van der Waals surface area (Å²) in [6.45, 7) is 1.45. The zero-order valence-electron chi connectivity index (χ0n) is 14.6. The number of furan rings is 1. The first kappa shape index (κ1) is 16.8. The first-order valence-corrected chi connectivity index (χ1v) is 8.16. The molecule has 0 spiro atoms. The fourth-order valence-corrected chi connectivity index (χ4v) is 2.87. The minimum absolute atomic E-state index is 0.135. The number of hydrogen-bond donors (Lipinski definition) is 1. The van der Waals surface area contributed by atoms with E-state index in [-0.39, 0.29) is 18.3 Å². The molecule has 9 nitrogen and oxygen atoms in total. The van der Waals surface area contributed by atoms with Gasteiger partial charge in [-0.1, -0.05) is 0 Å². The number of carbonyl (C=O) groups is 2. The van der Waals surface area contributed by atoms with Crippen LogP contribution in [0, 0.1) is 0 Å². The maximum atomic E-state index is 12.8. The predicted octanol–water partition coefficient (Wildman–Crippen LogP) is 2.31. The van der Waals surface area contributed by atoms with Crippen molar-refractivity contribution in [2.75, 3.05) is 7.11 Å². The molecule has 9 heteroatoms. The van der Waals surface area contributed by atoms with Gasteiger partial charge in [0, 0.05) is 5.56 Å². The molecule has 1 N–H and O–H groups in total. The van der Waals surface area contributed by atoms with Gasteiger partial charge >= 0.3 is 6.03 Å². The number of benzene rings is 1. The molecular weight excluding hydrogens is 352 g/mol. The molecule has 2 aromatic heterocycles. The Kier molecular flexibility index (Phi) is 3.91. The smallest absolute Gasteiger partial charge is 0.325 e. The van der Waals surface area contributed by atoms with Crippen LogP contribution in [0.5, 0.6) is 5.75 Å². The molecule has 138 valence electrons. The van der Waals surface area contributed by atoms with Crippen LogP contribution in [0.2, 0.25) is 0 Å². The van der Waals surface area contributed by atoms with E-state index in [1.165, 1.54) is 6.26 Å². The van der Waals surface area contributed by atoms with Crippen LogP contribution in [0.3, 0.4) is 0 Å². The Hall–Kier alpha value is -3.62. The lowest BCUT2D eigenvalue weighted by atomic mass is 9.99. The summed E-state index contributed by atoms with van der Waals surface area (Å²) in [5.74, 6) is 1.04. The molecular formula is C18H16N4O5. The van der Waals surface area contributed by atoms with Crippen LogP contribution >= 0.6 is 0 Å². The fraction of sp³-hybridized carbons (Fsp3) is 0.222. The number of aromatic nitrogens is 2. The second-order valence-corrected chi connectivity index (χ2v) is 6.15. The Morgan fingerprint density at radius 2 is 1.96 bits per heavy atom. The molecule has 1 atom stereocenters. The van der Waals surface area contributed by atoms with Crippen molar-refractivity contribution in [3.63, 3.8) is 0 Å². The van der Waals surface area contributed by atoms with Gasteiger partial charge in [-0.2, -0.15) is 0 Å². The molecule has 3 aromatic rings. The third-order valence-corrected chi connectivity index (χ3v) is 4.39. The zero-order chi connectivity index (χ0) is 19.0. The average molecular weight is 368 g/mol. The van der Waals surface area contributed by atoms with Crippen LogP contribution in [0.1, 0.15) is 18.6 Å². The summed E-state index contributed by atoms with van der Waals surface area (Å²) < 4.78 is 16.0. The lowest BCUT2D eigenvalue weighted by molar-refractivity contribution is -0.132. The monoisotopic (exact) mass is 368 g/mol. The minimum Gasteiger partial charge on any atom is -0.497 e. The Balaban J connectivity index is 1.53. The molecule has 0 radical (unpaired) electrons. The summed E-state index contributed by atoms with van der Waals surface area (Å²) in [6.07, 6.45) is 1.45. The highest BCUT2D eigenvalue weighted by atomic mass is 16.5. The van der Waals surface area contributed by atoms with Crippen LogP contribution in [0.4, 0.5) is 4.79 Å². The van der Waals surface area contributed by atoms with E-state index in [1.807, 2.05) is 0 Å². The third-order valence-electron chi connectivity index (χ3n) is 4.39. The number of hydrogen-bond acceptors (Lipinski definition) is 7. The highest BCUT2D eigenvalue weighted by molar-refractivity contribution is 6.06. The van der Waals surface area contributed by atoms with Gasteiger partial charge in [-0.3, -0.25) is 9.69 Å². The summed E-state index contributed by atoms with van der Waals surface area (Å²) in [5.41, 5.74) is -0.563. The van der Waals surface area contributed by atoms with Crippen LogP contribution < -0.4 is 10.1 Å². The Morgan fingerprint density at radius 3 is 2.63 bits per heavy atom. The number of nitrogens with zero attached hydrogens (tertiary/aromatic N) is 3. The number of amides is 3. The molecule has 1 fully saturated rings. The van der Waals surface area contributed by atoms with Crippen LogP contribution in [0.25, 0.3) is 11.5 Å². The molecule has 3 heterocycles. The molecule has 1 aliphatic rings. The Bertz CT molecular complexity index is 980. The second kappa shape index (κ2) is 6.27. The van der Waals surface area contributed by atoms with Gasteiger partial charge in [0.25, 0.3) is 5.91 Å². The average Bonchev–Trinajstić information content (AvgIpc) is 3.41. The number of urea groups is 1. The van der Waals surface area contributed by atoms with Gasteiger partial charge in [0.1, 0.15) is 18.1 Å². The first-order chi connectivity index (χ1) is 13.0. The summed E-state index contributed by atoms with van der Waals surface area (Å²) in [7, 11) is 1.58. The number of imide groups is 1. The topological polar surface area (TPSA) is 111 Å². The first-order valence-electron chi connectivity index (χ1n) is 8.16. The quantitative estimate of drug-likeness (QED) is 0.688. The van der Waals surface area contributed by atoms with E-state index < -0.39 is 17.5 Å². The van der Waals surface area contributed by atoms with Crippen molar-refractivity contribution in [3.8, 4) is 17.2 Å². The van der Waals surface area contributed by atoms with Crippen LogP contribution in [0.15, 0.2) is 51.5 Å². The molecule has 1 unspecified atom stereocenters. The maximum absolute atomic E-state index is 12.8. The van der Waals surface area contributed by atoms with E-state index in [4.69, 9.17) is 13.6 Å². The predicted molar refractivity (Wildman–Crippen MR) is 91.4 cm³/mol. The van der Waals surface area contributed by atoms with E-state index in [1.54, 1.807) is 50.4 Å². The zero-order valence-corrected chi connectivity index (χ0v) is 14.6. The van der Waals surface area contributed by atoms with Crippen molar-refractivity contribution in [1.29, 1.82) is 0 Å². The molecule has 1 aromatic carbocycles. The summed E-state index contributed by atoms with van der Waals surface area (Å²) in [5, 5.41) is 10.6. The van der Waals surface area contributed by atoms with Crippen molar-refractivity contribution < 1.29 is 23.2 Å². The van der Waals surface area contributed by atoms with Gasteiger partial charge in [0.05, 0.1) is 13.4 Å². The second-order valence-electron chi connectivity index (χ2n) is 6.15. The standard InChI is InChI=1S/C18H16N4O5/c1-18(13-4-3-9-26-13)16(23)22(17(24)19-18)10-14-20-21-15(27-14)11-5-7-12(25-2)8-6-11/h3-9H,10H2,1-2H3,(H,19,24). The lowest BCUT2D eigenvalue weighted by Crippen LogP contribution is -2.40. The number of methoxy groups -OCH3 is 1. The fourth-order valence-electron chi connectivity index (χ4n) is 2.87. The largest absolute Gasteiger partial charge is 0.497 e. The normalized spacial score (nSPS) is 19.4. The van der Waals surface area contributed by atoms with Crippen LogP contribution in [-0.4, -0.2) is 34.1 Å². The minimum atomic E-state index is -1.26. The summed E-state index contributed by atoms with van der Waals surface area (Å²) in [6, 6.07) is 9.83. The van der Waals surface area contributed by atoms with E-state index in [0.29, 0.717) is 17.1 Å². The Labute approximate surface area is 153 Å². The molecule has 0 bridgehead atoms. The molecule has 3 amide bonds. The number of ether oxygens (including phenoxy) is 1. The van der Waals surface area contributed by atoms with Gasteiger partial charge in [-0.15, -0.1) is 10.2 Å². The molecule has 1 saturated heterocycles. The van der Waals surface area contributed by atoms with Gasteiger partial charge in [0.2, 0.25) is 11.8 Å². The van der Waals surface area contributed by atoms with Crippen molar-refractivity contribution in [2.45, 2.75) is 19.0 Å². The van der Waals surface area contributed by atoms with Crippen molar-refractivity contribution in [3.05, 3.63) is 54.3 Å². The molecule has 4 rings (SSSR count). The van der Waals surface area contributed by atoms with E-state index in [2.05, 4.69) is 15.5 Å². The number of nitrogens with one attached hydrogen (secondary N) is 1. The van der Waals surface area contributed by atoms with Gasteiger partial charge < -0.3 is 18.9 Å². The van der Waals surface area contributed by atoms with E-state index in [9.17, 15) is 9.59 Å². The highest BCUT2D eigenvalue weighted by Gasteiger charge is 2.51. The SMILES string of the molecule is COc1ccc(-c2nnc(CN3C(=O)NC(C)(c4ccco4)C3=O)o2)cc1. The number of carbonyl (C=O) groups excluding carboxylic acids is 2. The molecule has 27 heavy (non-hydrogen) atoms. The van der Waals surface area contributed by atoms with E-state index in [0.717, 1.165) is 4.90 Å². The Morgan fingerprint density at radius 1 is 1.19 bits per heavy atom. The lowest BCUT2D eigenvalue weighted by Gasteiger charge is -2.18. The maximum Gasteiger partial charge on any atom is 0.325 e. The van der Waals surface area contributed by atoms with Crippen molar-refractivity contribution in [2.24, 2.45) is 0 Å². The molecule has 0 aliphatic carbocycles. The molecule has 1 aliphatic heterocycles. The third kappa shape index (κ3) is 2.82. The highest BCUT2D eigenvalue weighted by Crippen LogP contribution is 2.30. The number of rotatable bonds is 5. The van der Waals surface area contributed by atoms with E-state index >= 15 is 0 Å².